The molecule has 2 heterocycles. The van der Waals surface area contributed by atoms with E-state index in [1.165, 1.54) is 205 Å². The first kappa shape index (κ1) is 47.7. The predicted octanol–water partition coefficient (Wildman–Crippen LogP) is 25.9. The van der Waals surface area contributed by atoms with Crippen molar-refractivity contribution in [3.8, 4) is 55.6 Å². The Hall–Kier alpha value is -11.4. The number of benzene rings is 20. The van der Waals surface area contributed by atoms with E-state index >= 15 is 0 Å². The minimum Gasteiger partial charge on any atom is -0.456 e. The zero-order valence-electron chi connectivity index (χ0n) is 48.4. The fourth-order valence-corrected chi connectivity index (χ4v) is 17.8. The van der Waals surface area contributed by atoms with Crippen LogP contribution in [0.15, 0.2) is 283 Å². The second kappa shape index (κ2) is 17.2. The maximum Gasteiger partial charge on any atom is 0.135 e. The molecule has 0 atom stereocenters. The highest BCUT2D eigenvalue weighted by molar-refractivity contribution is 7.25. The predicted molar refractivity (Wildman–Crippen MR) is 389 cm³/mol. The van der Waals surface area contributed by atoms with Crippen LogP contribution in [-0.4, -0.2) is 0 Å². The van der Waals surface area contributed by atoms with E-state index in [0.29, 0.717) is 0 Å². The zero-order valence-corrected chi connectivity index (χ0v) is 49.2. The Morgan fingerprint density at radius 1 is 0.178 bits per heavy atom. The van der Waals surface area contributed by atoms with Crippen LogP contribution in [0.25, 0.3) is 227 Å². The molecule has 1 nitrogen and oxygen atoms in total. The molecule has 22 aromatic rings. The zero-order chi connectivity index (χ0) is 58.2. The molecule has 22 rings (SSSR count). The largest absolute Gasteiger partial charge is 0.456 e. The van der Waals surface area contributed by atoms with Gasteiger partial charge in [0.2, 0.25) is 0 Å². The quantitative estimate of drug-likeness (QED) is 0.157. The lowest BCUT2D eigenvalue weighted by atomic mass is 9.84. The first-order chi connectivity index (χ1) is 44.5. The van der Waals surface area contributed by atoms with Gasteiger partial charge >= 0.3 is 0 Å². The summed E-state index contributed by atoms with van der Waals surface area (Å²) in [5.41, 5.74) is 14.0. The van der Waals surface area contributed by atoms with Crippen LogP contribution in [0, 0.1) is 0 Å². The molecule has 0 N–H and O–H groups in total. The van der Waals surface area contributed by atoms with Crippen molar-refractivity contribution in [2.75, 3.05) is 0 Å². The normalized spacial score (nSPS) is 12.7. The second-order valence-corrected chi connectivity index (χ2v) is 26.5. The van der Waals surface area contributed by atoms with Crippen LogP contribution in [0.2, 0.25) is 0 Å². The number of furan rings is 1. The van der Waals surface area contributed by atoms with Crippen molar-refractivity contribution in [2.24, 2.45) is 0 Å². The summed E-state index contributed by atoms with van der Waals surface area (Å²) in [7, 11) is 0. The molecule has 0 bridgehead atoms. The first-order valence-corrected chi connectivity index (χ1v) is 32.1. The lowest BCUT2D eigenvalue weighted by Gasteiger charge is -2.19. The molecule has 2 heteroatoms. The molecule has 410 valence electrons. The lowest BCUT2D eigenvalue weighted by molar-refractivity contribution is 0.669. The number of rotatable bonds is 5. The molecular formula is C88H46OS. The van der Waals surface area contributed by atoms with E-state index in [2.05, 4.69) is 279 Å². The Morgan fingerprint density at radius 3 is 0.956 bits per heavy atom. The van der Waals surface area contributed by atoms with Crippen LogP contribution in [0.5, 0.6) is 0 Å². The third-order valence-corrected chi connectivity index (χ3v) is 21.8. The molecule has 20 aromatic carbocycles. The number of fused-ring (bicyclic) bond motifs is 6. The van der Waals surface area contributed by atoms with E-state index in [9.17, 15) is 0 Å². The summed E-state index contributed by atoms with van der Waals surface area (Å²) < 4.78 is 9.28. The van der Waals surface area contributed by atoms with Gasteiger partial charge in [0.1, 0.15) is 11.2 Å². The van der Waals surface area contributed by atoms with Gasteiger partial charge in [-0.2, -0.15) is 0 Å². The topological polar surface area (TPSA) is 13.1 Å². The Kier molecular flexibility index (Phi) is 9.12. The molecule has 0 aliphatic rings. The van der Waals surface area contributed by atoms with Crippen molar-refractivity contribution in [1.82, 2.24) is 0 Å². The number of thiophene rings is 1. The minimum atomic E-state index is 0.892. The van der Waals surface area contributed by atoms with Gasteiger partial charge in [-0.1, -0.05) is 188 Å². The molecule has 0 amide bonds. The van der Waals surface area contributed by atoms with Gasteiger partial charge in [0.05, 0.1) is 0 Å². The lowest BCUT2D eigenvalue weighted by Crippen LogP contribution is -1.91. The van der Waals surface area contributed by atoms with Gasteiger partial charge in [0, 0.05) is 30.9 Å². The molecule has 0 aliphatic carbocycles. The summed E-state index contributed by atoms with van der Waals surface area (Å²) in [5.74, 6) is 0. The minimum absolute atomic E-state index is 0.892. The van der Waals surface area contributed by atoms with Gasteiger partial charge in [-0.05, 0) is 276 Å². The van der Waals surface area contributed by atoms with Crippen LogP contribution >= 0.6 is 11.3 Å². The van der Waals surface area contributed by atoms with Crippen LogP contribution in [-0.2, 0) is 0 Å². The van der Waals surface area contributed by atoms with Crippen LogP contribution in [0.4, 0.5) is 0 Å². The average molecular weight is 1150 g/mol. The monoisotopic (exact) mass is 1150 g/mol. The van der Waals surface area contributed by atoms with Gasteiger partial charge in [-0.25, -0.2) is 0 Å². The summed E-state index contributed by atoms with van der Waals surface area (Å²) in [6.45, 7) is 0. The molecule has 0 radical (unpaired) electrons. The number of hydrogen-bond donors (Lipinski definition) is 0. The van der Waals surface area contributed by atoms with E-state index in [1.54, 1.807) is 0 Å². The molecule has 0 spiro atoms. The van der Waals surface area contributed by atoms with E-state index in [1.807, 2.05) is 11.3 Å². The number of hydrogen-bond acceptors (Lipinski definition) is 2. The summed E-state index contributed by atoms with van der Waals surface area (Å²) in [4.78, 5) is 0. The molecule has 0 aliphatic heterocycles. The summed E-state index contributed by atoms with van der Waals surface area (Å²) in [5, 5.41) is 35.8. The standard InChI is InChI=1S/C88H46OS/c1-6-47-18-22-58-34-62(35-59-23-19-48(7-1)81(47)83(58)59)53-26-30-67-68-31-27-54(46-80(68)90-79(67)45-53)63-36-60-24-20-52-11-5-15-71-74(44-65(38-63)84(60)88(52)71)64-37-61-25-21-51-10-4-14-70-73(43-66(39-64)85(61)87(51)70)56-29-33-78-76(41-56)75-40-55(28-32-77(75)89-78)72-42-57-12-2-8-49-16-17-50-9-3-13-69(72)86(50)82(49)57/h1-46H. The highest BCUT2D eigenvalue weighted by atomic mass is 32.1. The van der Waals surface area contributed by atoms with E-state index in [0.717, 1.165) is 21.9 Å². The Morgan fingerprint density at radius 2 is 0.489 bits per heavy atom. The summed E-state index contributed by atoms with van der Waals surface area (Å²) >= 11 is 1.90. The van der Waals surface area contributed by atoms with Gasteiger partial charge < -0.3 is 4.42 Å². The van der Waals surface area contributed by atoms with Crippen molar-refractivity contribution in [2.45, 2.75) is 0 Å². The van der Waals surface area contributed by atoms with Gasteiger partial charge in [0.25, 0.3) is 0 Å². The van der Waals surface area contributed by atoms with Crippen LogP contribution in [0.3, 0.4) is 0 Å². The Balaban J connectivity index is 0.674. The van der Waals surface area contributed by atoms with Crippen LogP contribution < -0.4 is 0 Å². The SMILES string of the molecule is c1cc2ccc3cc(-c4ccc5c(c4)sc4cc(-c6cc7ccc8cccc9c(-c%10cc%11ccc%12cccc%13c(-c%14ccc%15oc%16ccc(-c%17cc%18cccc%19ccc%20cccc%17c%20c%19%18)cc%16c%15c%14)cc(c%10)c%11c%12%13)cc(c6)c7c89)ccc45)cc4ccc(c1)c2c34. The van der Waals surface area contributed by atoms with E-state index in [4.69, 9.17) is 4.42 Å². The fourth-order valence-electron chi connectivity index (χ4n) is 16.7. The third-order valence-electron chi connectivity index (χ3n) is 20.7. The first-order valence-electron chi connectivity index (χ1n) is 31.2. The van der Waals surface area contributed by atoms with Gasteiger partial charge in [-0.3, -0.25) is 0 Å². The molecule has 2 aromatic heterocycles. The molecular weight excluding hydrogens is 1110 g/mol. The third kappa shape index (κ3) is 6.49. The fraction of sp³-hybridized carbons (Fsp3) is 0. The van der Waals surface area contributed by atoms with Crippen molar-refractivity contribution in [3.05, 3.63) is 279 Å². The summed E-state index contributed by atoms with van der Waals surface area (Å²) in [6, 6.07) is 106. The molecule has 0 fully saturated rings. The van der Waals surface area contributed by atoms with E-state index in [-0.39, 0.29) is 0 Å². The van der Waals surface area contributed by atoms with Crippen molar-refractivity contribution >= 4 is 183 Å². The van der Waals surface area contributed by atoms with Crippen molar-refractivity contribution < 1.29 is 4.42 Å². The highest BCUT2D eigenvalue weighted by Crippen LogP contribution is 2.49. The molecule has 0 unspecified atom stereocenters. The van der Waals surface area contributed by atoms with Crippen molar-refractivity contribution in [1.29, 1.82) is 0 Å². The molecule has 0 saturated carbocycles. The smallest absolute Gasteiger partial charge is 0.135 e. The van der Waals surface area contributed by atoms with Crippen molar-refractivity contribution in [3.63, 3.8) is 0 Å². The molecule has 90 heavy (non-hydrogen) atoms. The van der Waals surface area contributed by atoms with E-state index < -0.39 is 0 Å². The summed E-state index contributed by atoms with van der Waals surface area (Å²) in [6.07, 6.45) is 0. The Bertz CT molecular complexity index is 6830. The maximum absolute atomic E-state index is 6.67. The second-order valence-electron chi connectivity index (χ2n) is 25.4. The highest BCUT2D eigenvalue weighted by Gasteiger charge is 2.22. The average Bonchev–Trinajstić information content (AvgIpc) is 0.911. The van der Waals surface area contributed by atoms with Crippen LogP contribution in [0.1, 0.15) is 0 Å². The molecule has 0 saturated heterocycles. The Labute approximate surface area is 518 Å². The van der Waals surface area contributed by atoms with Gasteiger partial charge in [-0.15, -0.1) is 11.3 Å². The van der Waals surface area contributed by atoms with Gasteiger partial charge in [0.15, 0.2) is 0 Å². The maximum atomic E-state index is 6.67.